The summed E-state index contributed by atoms with van der Waals surface area (Å²) in [5.41, 5.74) is -0.00703. The fourth-order valence-electron chi connectivity index (χ4n) is 1.20. The first-order valence-corrected chi connectivity index (χ1v) is 3.82. The third-order valence-corrected chi connectivity index (χ3v) is 1.80. The zero-order valence-corrected chi connectivity index (χ0v) is 7.03. The molecule has 0 saturated heterocycles. The minimum absolute atomic E-state index is 0.210. The van der Waals surface area contributed by atoms with E-state index in [1.165, 1.54) is 6.07 Å². The average molecular weight is 192 g/mol. The van der Waals surface area contributed by atoms with Gasteiger partial charge in [-0.3, -0.25) is 0 Å². The number of ether oxygens (including phenoxy) is 1. The molecule has 1 N–H and O–H groups in total. The largest absolute Gasteiger partial charge is 0.380 e. The second kappa shape index (κ2) is 3.48. The summed E-state index contributed by atoms with van der Waals surface area (Å²) in [5.74, 6) is 0. The molecule has 0 amide bonds. The highest BCUT2D eigenvalue weighted by atomic mass is 16.5. The first kappa shape index (κ1) is 4.58. The highest BCUT2D eigenvalue weighted by Crippen LogP contribution is 2.15. The van der Waals surface area contributed by atoms with Gasteiger partial charge in [0.05, 0.1) is 13.4 Å². The van der Waals surface area contributed by atoms with E-state index in [4.69, 9.17) is 12.1 Å². The van der Waals surface area contributed by atoms with E-state index in [0.717, 1.165) is 0 Å². The second-order valence-electron chi connectivity index (χ2n) is 2.62. The van der Waals surface area contributed by atoms with Gasteiger partial charge in [0, 0.05) is 24.2 Å². The summed E-state index contributed by atoms with van der Waals surface area (Å²) in [7, 11) is -2.91. The molecule has 2 aromatic rings. The van der Waals surface area contributed by atoms with E-state index in [1.807, 2.05) is 0 Å². The normalized spacial score (nSPS) is 17.5. The standard InChI is InChI=1S/C10H9N3O/c1-14-6-8-4-7-2-3-12-10(7)13-9(8)5-11/h2-4H,6H2,1H3,(H,12,13)/i1D3,6D2. The highest BCUT2D eigenvalue weighted by Gasteiger charge is 2.06. The summed E-state index contributed by atoms with van der Waals surface area (Å²) in [6.07, 6.45) is 1.59. The summed E-state index contributed by atoms with van der Waals surface area (Å²) < 4.78 is 40.6. The molecule has 0 saturated carbocycles. The number of rotatable bonds is 2. The van der Waals surface area contributed by atoms with Crippen LogP contribution in [0.1, 0.15) is 18.1 Å². The van der Waals surface area contributed by atoms with Crippen LogP contribution < -0.4 is 0 Å². The van der Waals surface area contributed by atoms with Crippen LogP contribution >= 0.6 is 0 Å². The summed E-state index contributed by atoms with van der Waals surface area (Å²) in [6, 6.07) is 4.72. The van der Waals surface area contributed by atoms with Gasteiger partial charge in [-0.2, -0.15) is 5.26 Å². The Kier molecular flexibility index (Phi) is 1.14. The molecule has 4 nitrogen and oxygen atoms in total. The van der Waals surface area contributed by atoms with E-state index in [1.54, 1.807) is 18.3 Å². The summed E-state index contributed by atoms with van der Waals surface area (Å²) in [5, 5.41) is 9.55. The van der Waals surface area contributed by atoms with E-state index in [2.05, 4.69) is 14.7 Å². The number of hydrogen-bond donors (Lipinski definition) is 1. The molecule has 2 heterocycles. The van der Waals surface area contributed by atoms with E-state index in [-0.39, 0.29) is 11.3 Å². The molecule has 0 aliphatic heterocycles. The summed E-state index contributed by atoms with van der Waals surface area (Å²) in [4.78, 5) is 6.71. The van der Waals surface area contributed by atoms with Gasteiger partial charge in [0.1, 0.15) is 17.4 Å². The van der Waals surface area contributed by atoms with Crippen LogP contribution in [0, 0.1) is 11.3 Å². The Hall–Kier alpha value is -1.86. The number of methoxy groups -OCH3 is 1. The molecule has 0 aromatic carbocycles. The Labute approximate surface area is 88.2 Å². The molecule has 0 unspecified atom stereocenters. The zero-order chi connectivity index (χ0) is 14.3. The number of nitrogens with one attached hydrogen (secondary N) is 1. The molecule has 2 rings (SSSR count). The maximum absolute atomic E-state index is 8.99. The number of pyridine rings is 1. The minimum atomic E-state index is -2.91. The van der Waals surface area contributed by atoms with Gasteiger partial charge in [-0.15, -0.1) is 0 Å². The van der Waals surface area contributed by atoms with Crippen LogP contribution in [0.2, 0.25) is 0 Å². The number of hydrogen-bond acceptors (Lipinski definition) is 3. The second-order valence-corrected chi connectivity index (χ2v) is 2.62. The lowest BCUT2D eigenvalue weighted by Gasteiger charge is -2.01. The van der Waals surface area contributed by atoms with Crippen molar-refractivity contribution in [2.75, 3.05) is 7.04 Å². The van der Waals surface area contributed by atoms with Gasteiger partial charge in [-0.05, 0) is 12.1 Å². The van der Waals surface area contributed by atoms with E-state index in [9.17, 15) is 0 Å². The highest BCUT2D eigenvalue weighted by molar-refractivity contribution is 5.76. The van der Waals surface area contributed by atoms with Gasteiger partial charge in [-0.1, -0.05) is 0 Å². The number of nitriles is 1. The van der Waals surface area contributed by atoms with Crippen LogP contribution in [0.25, 0.3) is 11.0 Å². The van der Waals surface area contributed by atoms with E-state index < -0.39 is 13.6 Å². The Morgan fingerprint density at radius 2 is 2.79 bits per heavy atom. The third kappa shape index (κ3) is 1.34. The Balaban J connectivity index is 2.57. The quantitative estimate of drug-likeness (QED) is 0.785. The molecule has 0 aliphatic rings. The molecule has 0 spiro atoms. The number of fused-ring (bicyclic) bond motifs is 1. The molecule has 0 aliphatic carbocycles. The predicted molar refractivity (Wildman–Crippen MR) is 51.5 cm³/mol. The van der Waals surface area contributed by atoms with Crippen molar-refractivity contribution in [1.82, 2.24) is 9.97 Å². The van der Waals surface area contributed by atoms with Crippen molar-refractivity contribution in [3.63, 3.8) is 0 Å². The predicted octanol–water partition coefficient (Wildman–Crippen LogP) is 1.58. The van der Waals surface area contributed by atoms with Crippen LogP contribution in [0.5, 0.6) is 0 Å². The Bertz CT molecular complexity index is 655. The molecule has 14 heavy (non-hydrogen) atoms. The van der Waals surface area contributed by atoms with Crippen LogP contribution in [-0.2, 0) is 11.3 Å². The fourth-order valence-corrected chi connectivity index (χ4v) is 1.20. The van der Waals surface area contributed by atoms with Gasteiger partial charge in [-0.25, -0.2) is 4.98 Å². The monoisotopic (exact) mass is 192 g/mol. The van der Waals surface area contributed by atoms with E-state index in [0.29, 0.717) is 11.0 Å². The van der Waals surface area contributed by atoms with Crippen LogP contribution in [0.4, 0.5) is 0 Å². The molecule has 4 heteroatoms. The van der Waals surface area contributed by atoms with Crippen molar-refractivity contribution in [3.05, 3.63) is 29.6 Å². The van der Waals surface area contributed by atoms with Crippen molar-refractivity contribution in [3.8, 4) is 6.07 Å². The molecule has 2 aromatic heterocycles. The third-order valence-electron chi connectivity index (χ3n) is 1.80. The topological polar surface area (TPSA) is 61.7 Å². The Morgan fingerprint density at radius 1 is 1.86 bits per heavy atom. The molecule has 0 atom stereocenters. The zero-order valence-electron chi connectivity index (χ0n) is 12.0. The fraction of sp³-hybridized carbons (Fsp3) is 0.200. The average Bonchev–Trinajstić information content (AvgIpc) is 2.70. The summed E-state index contributed by atoms with van der Waals surface area (Å²) in [6.45, 7) is -2.63. The molecule has 0 fully saturated rings. The number of nitrogens with zero attached hydrogens (tertiary/aromatic N) is 2. The molecule has 70 valence electrons. The smallest absolute Gasteiger partial charge is 0.148 e. The maximum atomic E-state index is 8.99. The lowest BCUT2D eigenvalue weighted by atomic mass is 10.2. The molecule has 0 bridgehead atoms. The van der Waals surface area contributed by atoms with Crippen molar-refractivity contribution < 1.29 is 11.6 Å². The van der Waals surface area contributed by atoms with Crippen LogP contribution in [0.3, 0.4) is 0 Å². The van der Waals surface area contributed by atoms with Gasteiger partial charge >= 0.3 is 0 Å². The maximum Gasteiger partial charge on any atom is 0.148 e. The van der Waals surface area contributed by atoms with Crippen molar-refractivity contribution in [2.45, 2.75) is 6.56 Å². The lowest BCUT2D eigenvalue weighted by molar-refractivity contribution is 0.184. The van der Waals surface area contributed by atoms with E-state index >= 15 is 0 Å². The first-order chi connectivity index (χ1) is 8.73. The van der Waals surface area contributed by atoms with Crippen LogP contribution in [-0.4, -0.2) is 17.0 Å². The van der Waals surface area contributed by atoms with Crippen molar-refractivity contribution >= 4 is 11.0 Å². The number of H-pyrrole nitrogens is 1. The van der Waals surface area contributed by atoms with Crippen molar-refractivity contribution in [1.29, 1.82) is 5.26 Å². The Morgan fingerprint density at radius 3 is 3.57 bits per heavy atom. The minimum Gasteiger partial charge on any atom is -0.380 e. The van der Waals surface area contributed by atoms with Gasteiger partial charge in [0.2, 0.25) is 0 Å². The van der Waals surface area contributed by atoms with Crippen molar-refractivity contribution in [2.24, 2.45) is 0 Å². The number of aromatic nitrogens is 2. The first-order valence-electron chi connectivity index (χ1n) is 6.32. The summed E-state index contributed by atoms with van der Waals surface area (Å²) >= 11 is 0. The molecular weight excluding hydrogens is 178 g/mol. The number of aromatic amines is 1. The van der Waals surface area contributed by atoms with Gasteiger partial charge in [0.25, 0.3) is 0 Å². The van der Waals surface area contributed by atoms with Gasteiger partial charge in [0.15, 0.2) is 0 Å². The van der Waals surface area contributed by atoms with Gasteiger partial charge < -0.3 is 9.72 Å². The van der Waals surface area contributed by atoms with Crippen LogP contribution in [0.15, 0.2) is 18.3 Å². The SMILES string of the molecule is [2H]C([2H])([2H])OC([2H])([2H])c1cc2cc[nH]c2nc1C#N. The molecular formula is C10H9N3O. The lowest BCUT2D eigenvalue weighted by Crippen LogP contribution is -1.95. The molecule has 0 radical (unpaired) electrons.